The predicted molar refractivity (Wildman–Crippen MR) is 140 cm³/mol. The quantitative estimate of drug-likeness (QED) is 0.468. The second kappa shape index (κ2) is 9.48. The number of alkyl halides is 1. The van der Waals surface area contributed by atoms with Crippen LogP contribution in [-0.4, -0.2) is 25.4 Å². The molecule has 5 rings (SSSR count). The van der Waals surface area contributed by atoms with Crippen molar-refractivity contribution in [3.63, 3.8) is 0 Å². The molecule has 9 heteroatoms. The highest BCUT2D eigenvalue weighted by Crippen LogP contribution is 2.42. The molecule has 2 atom stereocenters. The number of nitrogens with two attached hydrogens (primary N) is 1. The number of allylic oxidation sites excluding steroid dienone is 3. The Balaban J connectivity index is 1.44. The molecule has 3 aromatic rings. The summed E-state index contributed by atoms with van der Waals surface area (Å²) in [4.78, 5) is 13.3. The van der Waals surface area contributed by atoms with Gasteiger partial charge in [0.1, 0.15) is 11.9 Å². The first-order valence-corrected chi connectivity index (χ1v) is 13.2. The Kier molecular flexibility index (Phi) is 6.33. The van der Waals surface area contributed by atoms with Crippen molar-refractivity contribution < 1.29 is 22.0 Å². The van der Waals surface area contributed by atoms with Gasteiger partial charge in [0, 0.05) is 30.6 Å². The summed E-state index contributed by atoms with van der Waals surface area (Å²) in [6.07, 6.45) is 3.15. The molecular formula is C28H25F2N3O3S. The number of carbonyl (C=O) groups excluding carboxylic acids is 1. The Bertz CT molecular complexity index is 1540. The van der Waals surface area contributed by atoms with Crippen LogP contribution in [0.2, 0.25) is 0 Å². The molecule has 1 amide bonds. The third-order valence-corrected chi connectivity index (χ3v) is 8.85. The van der Waals surface area contributed by atoms with Gasteiger partial charge in [-0.2, -0.15) is 0 Å². The number of sulfonamides is 1. The van der Waals surface area contributed by atoms with E-state index in [1.807, 2.05) is 0 Å². The van der Waals surface area contributed by atoms with E-state index in [2.05, 4.69) is 5.32 Å². The minimum absolute atomic E-state index is 0.0988. The van der Waals surface area contributed by atoms with E-state index in [4.69, 9.17) is 5.73 Å². The molecule has 1 unspecified atom stereocenters. The molecule has 6 nitrogen and oxygen atoms in total. The van der Waals surface area contributed by atoms with Crippen molar-refractivity contribution in [1.29, 1.82) is 0 Å². The number of benzene rings is 3. The molecule has 3 N–H and O–H groups in total. The third-order valence-electron chi connectivity index (χ3n) is 6.72. The maximum Gasteiger partial charge on any atom is 0.275 e. The molecule has 0 spiro atoms. The lowest BCUT2D eigenvalue weighted by atomic mass is 9.98. The topological polar surface area (TPSA) is 92.5 Å². The molecule has 1 aliphatic heterocycles. The number of hydrogen-bond acceptors (Lipinski definition) is 4. The molecule has 1 aliphatic carbocycles. The van der Waals surface area contributed by atoms with Crippen LogP contribution in [0.1, 0.15) is 23.1 Å². The minimum atomic E-state index is -4.72. The number of halogens is 2. The zero-order chi connectivity index (χ0) is 26.2. The molecule has 0 fully saturated rings. The SMILES string of the molecule is Nc1ccccc1CNC(=O)[C@@H]1Cc2ccccc2N1S(=O)(=O)C1(F)C=CC(c2ccccc2F)=CC1. The van der Waals surface area contributed by atoms with Gasteiger partial charge in [0.2, 0.25) is 5.91 Å². The highest BCUT2D eigenvalue weighted by molar-refractivity contribution is 7.94. The second-order valence-electron chi connectivity index (χ2n) is 9.03. The maximum absolute atomic E-state index is 16.2. The Morgan fingerprint density at radius 3 is 2.49 bits per heavy atom. The maximum atomic E-state index is 16.2. The standard InChI is InChI=1S/C28H25F2N3O3S/c29-23-10-4-3-9-22(23)19-13-15-28(30,16-14-19)37(35,36)33-25-12-6-2-7-20(25)17-26(33)27(34)32-18-21-8-1-5-11-24(21)31/h1-15,26H,16-18,31H2,(H,32,34)/t26-,28?/m0/s1. The summed E-state index contributed by atoms with van der Waals surface area (Å²) >= 11 is 0. The van der Waals surface area contributed by atoms with Crippen molar-refractivity contribution in [2.24, 2.45) is 0 Å². The van der Waals surface area contributed by atoms with E-state index in [0.717, 1.165) is 10.4 Å². The number of nitrogens with one attached hydrogen (secondary N) is 1. The molecule has 1 heterocycles. The van der Waals surface area contributed by atoms with Gasteiger partial charge in [0.05, 0.1) is 5.69 Å². The number of fused-ring (bicyclic) bond motifs is 1. The number of hydrogen-bond donors (Lipinski definition) is 2. The Hall–Kier alpha value is -3.98. The smallest absolute Gasteiger partial charge is 0.275 e. The van der Waals surface area contributed by atoms with Crippen LogP contribution in [-0.2, 0) is 27.8 Å². The summed E-state index contributed by atoms with van der Waals surface area (Å²) in [5, 5.41) is -0.0681. The second-order valence-corrected chi connectivity index (χ2v) is 11.1. The molecule has 0 radical (unpaired) electrons. The molecule has 0 aromatic heterocycles. The fraction of sp³-hybridized carbons (Fsp3) is 0.179. The molecular weight excluding hydrogens is 496 g/mol. The van der Waals surface area contributed by atoms with Crippen LogP contribution in [0.3, 0.4) is 0 Å². The lowest BCUT2D eigenvalue weighted by Crippen LogP contribution is -2.53. The Morgan fingerprint density at radius 1 is 1.05 bits per heavy atom. The first-order valence-electron chi connectivity index (χ1n) is 11.8. The number of amides is 1. The number of nitrogen functional groups attached to an aromatic ring is 1. The van der Waals surface area contributed by atoms with E-state index >= 15 is 4.39 Å². The lowest BCUT2D eigenvalue weighted by molar-refractivity contribution is -0.122. The van der Waals surface area contributed by atoms with E-state index in [1.54, 1.807) is 60.7 Å². The van der Waals surface area contributed by atoms with Gasteiger partial charge in [0.15, 0.2) is 0 Å². The van der Waals surface area contributed by atoms with Crippen LogP contribution in [0.15, 0.2) is 91.0 Å². The van der Waals surface area contributed by atoms with Crippen LogP contribution in [0.4, 0.5) is 20.2 Å². The van der Waals surface area contributed by atoms with Crippen molar-refractivity contribution in [2.75, 3.05) is 10.0 Å². The van der Waals surface area contributed by atoms with Gasteiger partial charge in [-0.15, -0.1) is 0 Å². The minimum Gasteiger partial charge on any atom is -0.398 e. The average Bonchev–Trinajstić information content (AvgIpc) is 3.29. The van der Waals surface area contributed by atoms with E-state index in [1.165, 1.54) is 24.3 Å². The van der Waals surface area contributed by atoms with Gasteiger partial charge in [-0.25, -0.2) is 17.2 Å². The zero-order valence-corrected chi connectivity index (χ0v) is 20.6. The Morgan fingerprint density at radius 2 is 1.76 bits per heavy atom. The third kappa shape index (κ3) is 4.40. The number of anilines is 2. The van der Waals surface area contributed by atoms with E-state index in [9.17, 15) is 17.6 Å². The highest BCUT2D eigenvalue weighted by atomic mass is 32.2. The largest absolute Gasteiger partial charge is 0.398 e. The van der Waals surface area contributed by atoms with Crippen LogP contribution in [0.5, 0.6) is 0 Å². The van der Waals surface area contributed by atoms with E-state index in [0.29, 0.717) is 22.4 Å². The summed E-state index contributed by atoms with van der Waals surface area (Å²) in [5.74, 6) is -1.05. The van der Waals surface area contributed by atoms with Gasteiger partial charge in [0.25, 0.3) is 15.0 Å². The summed E-state index contributed by atoms with van der Waals surface area (Å²) in [7, 11) is -4.72. The van der Waals surface area contributed by atoms with Gasteiger partial charge >= 0.3 is 0 Å². The molecule has 0 bridgehead atoms. The first kappa shape index (κ1) is 24.7. The first-order chi connectivity index (χ1) is 17.7. The normalized spacial score (nSPS) is 20.9. The van der Waals surface area contributed by atoms with E-state index in [-0.39, 0.29) is 24.2 Å². The number of para-hydroxylation sites is 2. The monoisotopic (exact) mass is 521 g/mol. The average molecular weight is 522 g/mol. The van der Waals surface area contributed by atoms with Crippen molar-refractivity contribution in [2.45, 2.75) is 30.4 Å². The van der Waals surface area contributed by atoms with Gasteiger partial charge in [-0.3, -0.25) is 9.10 Å². The van der Waals surface area contributed by atoms with Crippen LogP contribution >= 0.6 is 0 Å². The van der Waals surface area contributed by atoms with Gasteiger partial charge in [-0.1, -0.05) is 66.7 Å². The van der Waals surface area contributed by atoms with Crippen LogP contribution in [0.25, 0.3) is 5.57 Å². The van der Waals surface area contributed by atoms with Gasteiger partial charge < -0.3 is 11.1 Å². The van der Waals surface area contributed by atoms with Crippen molar-refractivity contribution in [3.8, 4) is 0 Å². The highest BCUT2D eigenvalue weighted by Gasteiger charge is 2.52. The Labute approximate surface area is 214 Å². The zero-order valence-electron chi connectivity index (χ0n) is 19.8. The van der Waals surface area contributed by atoms with Crippen molar-refractivity contribution in [1.82, 2.24) is 5.32 Å². The molecule has 2 aliphatic rings. The number of carbonyl (C=O) groups is 1. The number of nitrogens with zero attached hydrogens (tertiary/aromatic N) is 1. The molecule has 37 heavy (non-hydrogen) atoms. The fourth-order valence-electron chi connectivity index (χ4n) is 4.70. The summed E-state index contributed by atoms with van der Waals surface area (Å²) < 4.78 is 59.0. The molecule has 190 valence electrons. The fourth-order valence-corrected chi connectivity index (χ4v) is 6.50. The molecule has 0 saturated heterocycles. The molecule has 3 aromatic carbocycles. The van der Waals surface area contributed by atoms with Crippen molar-refractivity contribution in [3.05, 3.63) is 114 Å². The lowest BCUT2D eigenvalue weighted by Gasteiger charge is -2.33. The summed E-state index contributed by atoms with van der Waals surface area (Å²) in [6, 6.07) is 18.5. The van der Waals surface area contributed by atoms with E-state index < -0.39 is 39.2 Å². The molecule has 0 saturated carbocycles. The van der Waals surface area contributed by atoms with Crippen LogP contribution in [0, 0.1) is 5.82 Å². The summed E-state index contributed by atoms with van der Waals surface area (Å²) in [5.41, 5.74) is 8.66. The van der Waals surface area contributed by atoms with Crippen LogP contribution < -0.4 is 15.4 Å². The van der Waals surface area contributed by atoms with Crippen molar-refractivity contribution >= 4 is 32.9 Å². The summed E-state index contributed by atoms with van der Waals surface area (Å²) in [6.45, 7) is 0.0989. The number of rotatable bonds is 6. The predicted octanol–water partition coefficient (Wildman–Crippen LogP) is 4.49. The van der Waals surface area contributed by atoms with Gasteiger partial charge in [-0.05, 0) is 41.0 Å².